The SMILES string of the molecule is Cc1occc1C(=O)Nc1cc(NC(=O)c2cnn(-c3ccc(Br)cc3)c2)ccc1F. The summed E-state index contributed by atoms with van der Waals surface area (Å²) in [5, 5.41) is 9.38. The molecule has 9 heteroatoms. The van der Waals surface area contributed by atoms with E-state index < -0.39 is 17.6 Å². The molecule has 7 nitrogen and oxygen atoms in total. The highest BCUT2D eigenvalue weighted by molar-refractivity contribution is 9.10. The Balaban J connectivity index is 1.49. The Hall–Kier alpha value is -3.72. The molecule has 0 aliphatic rings. The van der Waals surface area contributed by atoms with Crippen molar-refractivity contribution in [3.05, 3.63) is 94.4 Å². The zero-order valence-corrected chi connectivity index (χ0v) is 17.8. The average molecular weight is 483 g/mol. The van der Waals surface area contributed by atoms with Crippen molar-refractivity contribution < 1.29 is 18.4 Å². The number of hydrogen-bond donors (Lipinski definition) is 2. The minimum atomic E-state index is -0.629. The lowest BCUT2D eigenvalue weighted by Gasteiger charge is -2.09. The summed E-state index contributed by atoms with van der Waals surface area (Å²) in [7, 11) is 0. The van der Waals surface area contributed by atoms with Gasteiger partial charge in [-0.1, -0.05) is 15.9 Å². The van der Waals surface area contributed by atoms with Crippen LogP contribution in [-0.4, -0.2) is 21.6 Å². The number of aromatic nitrogens is 2. The van der Waals surface area contributed by atoms with E-state index in [9.17, 15) is 14.0 Å². The highest BCUT2D eigenvalue weighted by Gasteiger charge is 2.15. The van der Waals surface area contributed by atoms with Crippen LogP contribution in [0.2, 0.25) is 0 Å². The zero-order chi connectivity index (χ0) is 22.0. The fourth-order valence-corrected chi connectivity index (χ4v) is 3.15. The number of halogens is 2. The third kappa shape index (κ3) is 4.56. The van der Waals surface area contributed by atoms with Crippen LogP contribution in [-0.2, 0) is 0 Å². The number of benzene rings is 2. The average Bonchev–Trinajstić information content (AvgIpc) is 3.40. The first-order valence-corrected chi connectivity index (χ1v) is 9.97. The van der Waals surface area contributed by atoms with Crippen molar-refractivity contribution >= 4 is 39.1 Å². The smallest absolute Gasteiger partial charge is 0.259 e. The summed E-state index contributed by atoms with van der Waals surface area (Å²) in [6.07, 6.45) is 4.41. The predicted molar refractivity (Wildman–Crippen MR) is 117 cm³/mol. The van der Waals surface area contributed by atoms with Gasteiger partial charge in [-0.15, -0.1) is 0 Å². The second kappa shape index (κ2) is 8.57. The quantitative estimate of drug-likeness (QED) is 0.410. The van der Waals surface area contributed by atoms with Gasteiger partial charge in [0.1, 0.15) is 11.6 Å². The van der Waals surface area contributed by atoms with Crippen molar-refractivity contribution in [3.8, 4) is 5.69 Å². The fraction of sp³-hybridized carbons (Fsp3) is 0.0455. The normalized spacial score (nSPS) is 10.7. The fourth-order valence-electron chi connectivity index (χ4n) is 2.89. The van der Waals surface area contributed by atoms with E-state index in [1.165, 1.54) is 36.7 Å². The van der Waals surface area contributed by atoms with Crippen LogP contribution in [0.15, 0.2) is 76.1 Å². The van der Waals surface area contributed by atoms with E-state index >= 15 is 0 Å². The second-order valence-corrected chi connectivity index (χ2v) is 7.56. The lowest BCUT2D eigenvalue weighted by Crippen LogP contribution is -2.15. The first kappa shape index (κ1) is 20.5. The van der Waals surface area contributed by atoms with Crippen LogP contribution in [0.3, 0.4) is 0 Å². The molecule has 2 aromatic heterocycles. The van der Waals surface area contributed by atoms with Crippen molar-refractivity contribution in [1.29, 1.82) is 0 Å². The molecule has 31 heavy (non-hydrogen) atoms. The number of nitrogens with zero attached hydrogens (tertiary/aromatic N) is 2. The number of rotatable bonds is 5. The monoisotopic (exact) mass is 482 g/mol. The third-order valence-electron chi connectivity index (χ3n) is 4.51. The van der Waals surface area contributed by atoms with Gasteiger partial charge in [-0.2, -0.15) is 5.10 Å². The van der Waals surface area contributed by atoms with Gasteiger partial charge in [-0.05, 0) is 55.5 Å². The summed E-state index contributed by atoms with van der Waals surface area (Å²) >= 11 is 3.37. The van der Waals surface area contributed by atoms with Gasteiger partial charge in [-0.3, -0.25) is 9.59 Å². The van der Waals surface area contributed by atoms with Gasteiger partial charge in [-0.25, -0.2) is 9.07 Å². The van der Waals surface area contributed by atoms with Crippen molar-refractivity contribution in [2.75, 3.05) is 10.6 Å². The Labute approximate surface area is 185 Å². The minimum absolute atomic E-state index is 0.0612. The predicted octanol–water partition coefficient (Wildman–Crippen LogP) is 5.18. The first-order chi connectivity index (χ1) is 14.9. The van der Waals surface area contributed by atoms with Gasteiger partial charge in [0.2, 0.25) is 0 Å². The highest BCUT2D eigenvalue weighted by Crippen LogP contribution is 2.22. The van der Waals surface area contributed by atoms with Gasteiger partial charge < -0.3 is 15.1 Å². The van der Waals surface area contributed by atoms with Crippen molar-refractivity contribution in [2.45, 2.75) is 6.92 Å². The summed E-state index contributed by atoms with van der Waals surface area (Å²) < 4.78 is 21.8. The Bertz CT molecular complexity index is 1260. The van der Waals surface area contributed by atoms with E-state index in [-0.39, 0.29) is 5.69 Å². The molecule has 2 amide bonds. The topological polar surface area (TPSA) is 89.2 Å². The van der Waals surface area contributed by atoms with Crippen LogP contribution >= 0.6 is 15.9 Å². The summed E-state index contributed by atoms with van der Waals surface area (Å²) in [4.78, 5) is 24.9. The molecule has 2 N–H and O–H groups in total. The van der Waals surface area contributed by atoms with Crippen LogP contribution in [0, 0.1) is 12.7 Å². The van der Waals surface area contributed by atoms with Crippen LogP contribution in [0.25, 0.3) is 5.69 Å². The Morgan fingerprint density at radius 1 is 1.06 bits per heavy atom. The number of aryl methyl sites for hydroxylation is 1. The molecule has 2 aromatic carbocycles. The maximum absolute atomic E-state index is 14.2. The molecule has 0 aliphatic heterocycles. The molecule has 0 atom stereocenters. The van der Waals surface area contributed by atoms with E-state index in [0.29, 0.717) is 22.6 Å². The number of amides is 2. The largest absolute Gasteiger partial charge is 0.469 e. The third-order valence-corrected chi connectivity index (χ3v) is 5.04. The molecule has 0 saturated heterocycles. The molecule has 2 heterocycles. The lowest BCUT2D eigenvalue weighted by molar-refractivity contribution is 0.101. The molecular weight excluding hydrogens is 467 g/mol. The number of carbonyl (C=O) groups is 2. The first-order valence-electron chi connectivity index (χ1n) is 9.17. The van der Waals surface area contributed by atoms with Gasteiger partial charge in [0.05, 0.1) is 35.0 Å². The van der Waals surface area contributed by atoms with Crippen molar-refractivity contribution in [2.24, 2.45) is 0 Å². The molecule has 0 fully saturated rings. The Morgan fingerprint density at radius 2 is 1.84 bits per heavy atom. The minimum Gasteiger partial charge on any atom is -0.469 e. The molecule has 0 spiro atoms. The number of nitrogens with one attached hydrogen (secondary N) is 2. The van der Waals surface area contributed by atoms with E-state index in [0.717, 1.165) is 10.2 Å². The molecule has 156 valence electrons. The molecule has 0 unspecified atom stereocenters. The molecule has 4 rings (SSSR count). The van der Waals surface area contributed by atoms with Gasteiger partial charge in [0.25, 0.3) is 11.8 Å². The van der Waals surface area contributed by atoms with Crippen molar-refractivity contribution in [1.82, 2.24) is 9.78 Å². The van der Waals surface area contributed by atoms with E-state index in [1.807, 2.05) is 24.3 Å². The Morgan fingerprint density at radius 3 is 2.55 bits per heavy atom. The molecule has 4 aromatic rings. The van der Waals surface area contributed by atoms with Crippen LogP contribution in [0.1, 0.15) is 26.5 Å². The Kier molecular flexibility index (Phi) is 5.68. The number of carbonyl (C=O) groups excluding carboxylic acids is 2. The molecule has 0 radical (unpaired) electrons. The van der Waals surface area contributed by atoms with Gasteiger partial charge in [0.15, 0.2) is 0 Å². The lowest BCUT2D eigenvalue weighted by atomic mass is 10.2. The van der Waals surface area contributed by atoms with E-state index in [2.05, 4.69) is 31.7 Å². The maximum Gasteiger partial charge on any atom is 0.259 e. The summed E-state index contributed by atoms with van der Waals surface area (Å²) in [5.74, 6) is -1.14. The standard InChI is InChI=1S/C22H16BrFN4O3/c1-13-18(8-9-31-13)22(30)27-20-10-16(4-7-19(20)24)26-21(29)14-11-25-28(12-14)17-5-2-15(23)3-6-17/h2-12H,1H3,(H,26,29)(H,27,30). The molecule has 0 saturated carbocycles. The number of furan rings is 1. The number of hydrogen-bond acceptors (Lipinski definition) is 4. The van der Waals surface area contributed by atoms with E-state index in [4.69, 9.17) is 4.42 Å². The molecule has 0 aliphatic carbocycles. The maximum atomic E-state index is 14.2. The van der Waals surface area contributed by atoms with Gasteiger partial charge in [0, 0.05) is 16.4 Å². The van der Waals surface area contributed by atoms with Crippen molar-refractivity contribution in [3.63, 3.8) is 0 Å². The molecule has 0 bridgehead atoms. The van der Waals surface area contributed by atoms with Crippen LogP contribution in [0.5, 0.6) is 0 Å². The second-order valence-electron chi connectivity index (χ2n) is 6.64. The summed E-state index contributed by atoms with van der Waals surface area (Å²) in [6.45, 7) is 1.64. The van der Waals surface area contributed by atoms with Gasteiger partial charge >= 0.3 is 0 Å². The summed E-state index contributed by atoms with van der Waals surface area (Å²) in [5.41, 5.74) is 1.68. The summed E-state index contributed by atoms with van der Waals surface area (Å²) in [6, 6.07) is 12.9. The number of anilines is 2. The molecular formula is C22H16BrFN4O3. The van der Waals surface area contributed by atoms with Crippen LogP contribution in [0.4, 0.5) is 15.8 Å². The van der Waals surface area contributed by atoms with Crippen LogP contribution < -0.4 is 10.6 Å². The zero-order valence-electron chi connectivity index (χ0n) is 16.2. The highest BCUT2D eigenvalue weighted by atomic mass is 79.9. The van der Waals surface area contributed by atoms with E-state index in [1.54, 1.807) is 17.8 Å².